The maximum atomic E-state index is 5.51. The molecule has 0 saturated carbocycles. The van der Waals surface area contributed by atoms with Crippen molar-refractivity contribution < 1.29 is 4.42 Å². The fourth-order valence-electron chi connectivity index (χ4n) is 3.50. The van der Waals surface area contributed by atoms with Gasteiger partial charge in [0.2, 0.25) is 17.7 Å². The third-order valence-electron chi connectivity index (χ3n) is 4.94. The number of H-pyrrole nitrogens is 1. The normalized spacial score (nSPS) is 14.6. The lowest BCUT2D eigenvalue weighted by molar-refractivity contribution is 0.233. The Balaban J connectivity index is 0.00000218. The number of nitrogens with one attached hydrogen (secondary N) is 3. The molecule has 1 fully saturated rings. The lowest BCUT2D eigenvalue weighted by atomic mass is 10.2. The molecule has 10 heteroatoms. The highest BCUT2D eigenvalue weighted by Gasteiger charge is 2.12. The van der Waals surface area contributed by atoms with Gasteiger partial charge in [0.1, 0.15) is 5.82 Å². The first kappa shape index (κ1) is 20.3. The summed E-state index contributed by atoms with van der Waals surface area (Å²) >= 11 is 0. The van der Waals surface area contributed by atoms with Crippen molar-refractivity contribution in [3.8, 4) is 11.5 Å². The molecule has 1 aliphatic heterocycles. The average Bonchev–Trinajstić information content (AvgIpc) is 3.34. The van der Waals surface area contributed by atoms with Gasteiger partial charge in [-0.05, 0) is 35.9 Å². The zero-order valence-electron chi connectivity index (χ0n) is 16.6. The zero-order chi connectivity index (χ0) is 19.6. The third-order valence-corrected chi connectivity index (χ3v) is 4.94. The molecule has 4 aromatic rings. The molecule has 30 heavy (non-hydrogen) atoms. The Morgan fingerprint density at radius 1 is 1.13 bits per heavy atom. The number of aryl methyl sites for hydroxylation is 1. The number of imidazole rings is 1. The second-order valence-electron chi connectivity index (χ2n) is 7.14. The number of fused-ring (bicyclic) bond motifs is 1. The standard InChI is InChI=1S/C20H22N8O.ClH/c1-13-26-27-19(29-13)15-2-3-16-17(11-15)24-20(23-16)25-18-10-14(4-5-22-18)12-28-8-6-21-7-9-28;/h2-5,10-11,21H,6-9,12H2,1H3,(H2,22,23,24,25);1H. The summed E-state index contributed by atoms with van der Waals surface area (Å²) in [6, 6.07) is 9.94. The SMILES string of the molecule is Cc1nnc(-c2ccc3nc(Nc4cc(CN5CCNCC5)ccn4)[nH]c3c2)o1.Cl. The van der Waals surface area contributed by atoms with Gasteiger partial charge < -0.3 is 20.0 Å². The predicted molar refractivity (Wildman–Crippen MR) is 117 cm³/mol. The molecule has 156 valence electrons. The van der Waals surface area contributed by atoms with Gasteiger partial charge in [0.25, 0.3) is 0 Å². The van der Waals surface area contributed by atoms with E-state index >= 15 is 0 Å². The van der Waals surface area contributed by atoms with Gasteiger partial charge >= 0.3 is 0 Å². The number of nitrogens with zero attached hydrogens (tertiary/aromatic N) is 5. The van der Waals surface area contributed by atoms with E-state index in [1.54, 1.807) is 6.92 Å². The topological polar surface area (TPSA) is 108 Å². The van der Waals surface area contributed by atoms with Crippen molar-refractivity contribution in [3.05, 3.63) is 48.0 Å². The van der Waals surface area contributed by atoms with Gasteiger partial charge in [-0.2, -0.15) is 0 Å². The van der Waals surface area contributed by atoms with Crippen LogP contribution >= 0.6 is 12.4 Å². The fourth-order valence-corrected chi connectivity index (χ4v) is 3.50. The van der Waals surface area contributed by atoms with Gasteiger partial charge in [0.15, 0.2) is 0 Å². The highest BCUT2D eigenvalue weighted by atomic mass is 35.5. The van der Waals surface area contributed by atoms with E-state index in [1.807, 2.05) is 24.4 Å². The summed E-state index contributed by atoms with van der Waals surface area (Å²) in [4.78, 5) is 14.8. The number of halogens is 1. The minimum Gasteiger partial charge on any atom is -0.421 e. The first-order chi connectivity index (χ1) is 14.2. The van der Waals surface area contributed by atoms with E-state index in [4.69, 9.17) is 4.42 Å². The molecule has 0 spiro atoms. The summed E-state index contributed by atoms with van der Waals surface area (Å²) in [6.45, 7) is 6.91. The van der Waals surface area contributed by atoms with Crippen LogP contribution in [0.1, 0.15) is 11.5 Å². The van der Waals surface area contributed by atoms with Crippen LogP contribution in [0.4, 0.5) is 11.8 Å². The van der Waals surface area contributed by atoms with Crippen molar-refractivity contribution in [1.29, 1.82) is 0 Å². The summed E-state index contributed by atoms with van der Waals surface area (Å²) in [7, 11) is 0. The van der Waals surface area contributed by atoms with Crippen LogP contribution in [0.15, 0.2) is 40.9 Å². The number of rotatable bonds is 5. The molecule has 9 nitrogen and oxygen atoms in total. The van der Waals surface area contributed by atoms with Gasteiger partial charge in [-0.3, -0.25) is 4.90 Å². The molecular weight excluding hydrogens is 404 g/mol. The van der Waals surface area contributed by atoms with Crippen LogP contribution in [-0.4, -0.2) is 56.2 Å². The summed E-state index contributed by atoms with van der Waals surface area (Å²) in [5.74, 6) is 2.45. The number of anilines is 2. The smallest absolute Gasteiger partial charge is 0.247 e. The Labute approximate surface area is 179 Å². The second kappa shape index (κ2) is 8.78. The lowest BCUT2D eigenvalue weighted by Gasteiger charge is -2.27. The van der Waals surface area contributed by atoms with Crippen molar-refractivity contribution in [2.45, 2.75) is 13.5 Å². The Kier molecular flexibility index (Phi) is 5.93. The number of benzene rings is 1. The average molecular weight is 427 g/mol. The molecule has 5 rings (SSSR count). The van der Waals surface area contributed by atoms with Crippen molar-refractivity contribution in [2.75, 3.05) is 31.5 Å². The maximum absolute atomic E-state index is 5.51. The van der Waals surface area contributed by atoms with Gasteiger partial charge in [0.05, 0.1) is 11.0 Å². The van der Waals surface area contributed by atoms with Crippen LogP contribution in [0.3, 0.4) is 0 Å². The molecule has 0 radical (unpaired) electrons. The predicted octanol–water partition coefficient (Wildman–Crippen LogP) is 2.89. The first-order valence-electron chi connectivity index (χ1n) is 9.68. The summed E-state index contributed by atoms with van der Waals surface area (Å²) < 4.78 is 5.51. The van der Waals surface area contributed by atoms with E-state index in [0.717, 1.165) is 55.1 Å². The molecule has 3 aromatic heterocycles. The molecule has 1 saturated heterocycles. The van der Waals surface area contributed by atoms with Crippen molar-refractivity contribution in [2.24, 2.45) is 0 Å². The highest BCUT2D eigenvalue weighted by molar-refractivity contribution is 5.85. The molecule has 1 aromatic carbocycles. The van der Waals surface area contributed by atoms with Gasteiger partial charge in [0, 0.05) is 51.4 Å². The number of pyridine rings is 1. The van der Waals surface area contributed by atoms with Crippen LogP contribution in [0.25, 0.3) is 22.5 Å². The van der Waals surface area contributed by atoms with E-state index in [2.05, 4.69) is 52.8 Å². The Morgan fingerprint density at radius 3 is 2.80 bits per heavy atom. The van der Waals surface area contributed by atoms with E-state index in [1.165, 1.54) is 5.56 Å². The van der Waals surface area contributed by atoms with Crippen LogP contribution in [-0.2, 0) is 6.54 Å². The van der Waals surface area contributed by atoms with Gasteiger partial charge in [-0.25, -0.2) is 9.97 Å². The molecule has 4 heterocycles. The maximum Gasteiger partial charge on any atom is 0.247 e. The van der Waals surface area contributed by atoms with E-state index in [0.29, 0.717) is 17.7 Å². The third kappa shape index (κ3) is 4.43. The van der Waals surface area contributed by atoms with E-state index in [-0.39, 0.29) is 12.4 Å². The van der Waals surface area contributed by atoms with E-state index < -0.39 is 0 Å². The monoisotopic (exact) mass is 426 g/mol. The molecule has 1 aliphatic rings. The first-order valence-corrected chi connectivity index (χ1v) is 9.68. The second-order valence-corrected chi connectivity index (χ2v) is 7.14. The molecular formula is C20H23ClN8O. The number of hydrogen-bond donors (Lipinski definition) is 3. The quantitative estimate of drug-likeness (QED) is 0.447. The van der Waals surface area contributed by atoms with Crippen molar-refractivity contribution in [3.63, 3.8) is 0 Å². The zero-order valence-corrected chi connectivity index (χ0v) is 17.4. The Bertz CT molecular complexity index is 1130. The fraction of sp³-hybridized carbons (Fsp3) is 0.300. The van der Waals surface area contributed by atoms with Crippen molar-refractivity contribution >= 4 is 35.2 Å². The minimum atomic E-state index is 0. The van der Waals surface area contributed by atoms with Crippen LogP contribution in [0.5, 0.6) is 0 Å². The van der Waals surface area contributed by atoms with Crippen LogP contribution in [0.2, 0.25) is 0 Å². The molecule has 0 aliphatic carbocycles. The minimum absolute atomic E-state index is 0. The highest BCUT2D eigenvalue weighted by Crippen LogP contribution is 2.24. The molecule has 0 unspecified atom stereocenters. The molecule has 3 N–H and O–H groups in total. The summed E-state index contributed by atoms with van der Waals surface area (Å²) in [5.41, 5.74) is 3.82. The van der Waals surface area contributed by atoms with Gasteiger partial charge in [-0.15, -0.1) is 22.6 Å². The number of aromatic nitrogens is 5. The molecule has 0 atom stereocenters. The Morgan fingerprint density at radius 2 is 2.00 bits per heavy atom. The summed E-state index contributed by atoms with van der Waals surface area (Å²) in [6.07, 6.45) is 1.83. The Hall–Kier alpha value is -3.01. The molecule has 0 bridgehead atoms. The summed E-state index contributed by atoms with van der Waals surface area (Å²) in [5, 5.41) is 14.6. The molecule has 0 amide bonds. The number of hydrogen-bond acceptors (Lipinski definition) is 8. The lowest BCUT2D eigenvalue weighted by Crippen LogP contribution is -2.42. The van der Waals surface area contributed by atoms with Crippen LogP contribution in [0, 0.1) is 6.92 Å². The number of aromatic amines is 1. The van der Waals surface area contributed by atoms with Crippen molar-refractivity contribution in [1.82, 2.24) is 35.4 Å². The number of piperazine rings is 1. The van der Waals surface area contributed by atoms with Crippen LogP contribution < -0.4 is 10.6 Å². The van der Waals surface area contributed by atoms with E-state index in [9.17, 15) is 0 Å². The largest absolute Gasteiger partial charge is 0.421 e. The van der Waals surface area contributed by atoms with Gasteiger partial charge in [-0.1, -0.05) is 0 Å².